The molecule has 0 aliphatic heterocycles. The largest absolute Gasteiger partial charge is 0.281 e. The summed E-state index contributed by atoms with van der Waals surface area (Å²) < 4.78 is 0. The quantitative estimate of drug-likeness (QED) is 0.488. The molecule has 0 spiro atoms. The summed E-state index contributed by atoms with van der Waals surface area (Å²) >= 11 is 0. The van der Waals surface area contributed by atoms with Gasteiger partial charge in [-0.15, -0.1) is 6.58 Å². The van der Waals surface area contributed by atoms with Crippen molar-refractivity contribution < 1.29 is 0 Å². The van der Waals surface area contributed by atoms with E-state index < -0.39 is 0 Å². The molecule has 72 valence electrons. The zero-order valence-corrected chi connectivity index (χ0v) is 8.37. The van der Waals surface area contributed by atoms with E-state index in [2.05, 4.69) is 24.5 Å². The highest BCUT2D eigenvalue weighted by atomic mass is 15.2. The molecule has 0 bridgehead atoms. The second kappa shape index (κ2) is 5.04. The molecule has 2 nitrogen and oxygen atoms in total. The van der Waals surface area contributed by atoms with E-state index in [9.17, 15) is 0 Å². The van der Waals surface area contributed by atoms with Crippen LogP contribution in [-0.4, -0.2) is 23.5 Å². The number of rotatable bonds is 4. The maximum absolute atomic E-state index is 8.72. The van der Waals surface area contributed by atoms with Gasteiger partial charge in [-0.05, 0) is 19.8 Å². The molecule has 0 aromatic heterocycles. The molecule has 1 aliphatic rings. The van der Waals surface area contributed by atoms with Crippen molar-refractivity contribution in [2.45, 2.75) is 44.7 Å². The summed E-state index contributed by atoms with van der Waals surface area (Å²) in [5.41, 5.74) is 0. The van der Waals surface area contributed by atoms with Gasteiger partial charge in [-0.3, -0.25) is 4.90 Å². The van der Waals surface area contributed by atoms with Crippen molar-refractivity contribution in [2.24, 2.45) is 0 Å². The lowest BCUT2D eigenvalue weighted by atomic mass is 10.1. The van der Waals surface area contributed by atoms with Crippen molar-refractivity contribution in [3.05, 3.63) is 12.7 Å². The lowest BCUT2D eigenvalue weighted by molar-refractivity contribution is 0.194. The fourth-order valence-corrected chi connectivity index (χ4v) is 2.06. The predicted octanol–water partition coefficient (Wildman–Crippen LogP) is 2.33. The normalized spacial score (nSPS) is 20.1. The topological polar surface area (TPSA) is 27.0 Å². The first-order valence-corrected chi connectivity index (χ1v) is 5.05. The molecule has 1 aliphatic carbocycles. The molecule has 1 saturated carbocycles. The number of nitriles is 1. The smallest absolute Gasteiger partial charge is 0.0873 e. The van der Waals surface area contributed by atoms with Crippen molar-refractivity contribution >= 4 is 0 Å². The van der Waals surface area contributed by atoms with Gasteiger partial charge in [0.2, 0.25) is 0 Å². The van der Waals surface area contributed by atoms with Crippen molar-refractivity contribution in [1.29, 1.82) is 5.26 Å². The summed E-state index contributed by atoms with van der Waals surface area (Å²) in [5.74, 6) is 0. The second-order valence-corrected chi connectivity index (χ2v) is 3.75. The molecule has 2 heteroatoms. The highest BCUT2D eigenvalue weighted by Crippen LogP contribution is 2.24. The van der Waals surface area contributed by atoms with Crippen LogP contribution in [-0.2, 0) is 0 Å². The summed E-state index contributed by atoms with van der Waals surface area (Å²) in [5, 5.41) is 8.72. The molecule has 13 heavy (non-hydrogen) atoms. The van der Waals surface area contributed by atoms with Crippen LogP contribution in [0.25, 0.3) is 0 Å². The molecule has 0 aromatic carbocycles. The molecule has 1 fully saturated rings. The van der Waals surface area contributed by atoms with Crippen LogP contribution in [0, 0.1) is 11.3 Å². The van der Waals surface area contributed by atoms with E-state index >= 15 is 0 Å². The molecule has 0 aromatic rings. The van der Waals surface area contributed by atoms with Crippen LogP contribution in [0.4, 0.5) is 0 Å². The lowest BCUT2D eigenvalue weighted by Gasteiger charge is -2.30. The fraction of sp³-hybridized carbons (Fsp3) is 0.727. The van der Waals surface area contributed by atoms with E-state index in [0.717, 1.165) is 0 Å². The van der Waals surface area contributed by atoms with Gasteiger partial charge in [0.1, 0.15) is 0 Å². The Balaban J connectivity index is 2.55. The van der Waals surface area contributed by atoms with E-state index in [4.69, 9.17) is 5.26 Å². The lowest BCUT2D eigenvalue weighted by Crippen LogP contribution is -2.39. The molecule has 1 unspecified atom stereocenters. The molecule has 1 rings (SSSR count). The van der Waals surface area contributed by atoms with Crippen molar-refractivity contribution in [2.75, 3.05) is 6.54 Å². The summed E-state index contributed by atoms with van der Waals surface area (Å²) in [6.45, 7) is 6.44. The van der Waals surface area contributed by atoms with Crippen LogP contribution in [0.5, 0.6) is 0 Å². The Bertz CT molecular complexity index is 199. The van der Waals surface area contributed by atoms with Gasteiger partial charge < -0.3 is 0 Å². The van der Waals surface area contributed by atoms with Gasteiger partial charge in [-0.2, -0.15) is 5.26 Å². The van der Waals surface area contributed by atoms with Crippen LogP contribution in [0.1, 0.15) is 32.6 Å². The monoisotopic (exact) mass is 178 g/mol. The highest BCUT2D eigenvalue weighted by molar-refractivity contribution is 4.93. The van der Waals surface area contributed by atoms with Crippen molar-refractivity contribution in [3.63, 3.8) is 0 Å². The van der Waals surface area contributed by atoms with Gasteiger partial charge in [-0.25, -0.2) is 0 Å². The number of nitrogens with zero attached hydrogens (tertiary/aromatic N) is 2. The number of hydrogen-bond acceptors (Lipinski definition) is 2. The fourth-order valence-electron chi connectivity index (χ4n) is 2.06. The summed E-state index contributed by atoms with van der Waals surface area (Å²) in [6.07, 6.45) is 7.06. The predicted molar refractivity (Wildman–Crippen MR) is 54.2 cm³/mol. The minimum atomic E-state index is 0.336. The Labute approximate surface area is 80.8 Å². The third-order valence-corrected chi connectivity index (χ3v) is 2.91. The maximum Gasteiger partial charge on any atom is 0.0873 e. The third-order valence-electron chi connectivity index (χ3n) is 2.91. The van der Waals surface area contributed by atoms with E-state index in [1.807, 2.05) is 6.08 Å². The standard InChI is InChI=1S/C11H18N2/c1-3-10(2)13(9-8-12)11-6-4-5-7-11/h3,10-11H,1,4-7,9H2,2H3. The summed E-state index contributed by atoms with van der Waals surface area (Å²) in [7, 11) is 0. The van der Waals surface area contributed by atoms with Gasteiger partial charge in [0.05, 0.1) is 12.6 Å². The van der Waals surface area contributed by atoms with E-state index in [0.29, 0.717) is 18.6 Å². The third kappa shape index (κ3) is 2.57. The van der Waals surface area contributed by atoms with Gasteiger partial charge in [-0.1, -0.05) is 18.9 Å². The first kappa shape index (κ1) is 10.3. The van der Waals surface area contributed by atoms with Crippen molar-refractivity contribution in [1.82, 2.24) is 4.90 Å². The van der Waals surface area contributed by atoms with Crippen molar-refractivity contribution in [3.8, 4) is 6.07 Å². The van der Waals surface area contributed by atoms with E-state index in [1.54, 1.807) is 0 Å². The summed E-state index contributed by atoms with van der Waals surface area (Å²) in [4.78, 5) is 2.26. The van der Waals surface area contributed by atoms with Crippen LogP contribution in [0.15, 0.2) is 12.7 Å². The van der Waals surface area contributed by atoms with Crippen LogP contribution in [0.3, 0.4) is 0 Å². The maximum atomic E-state index is 8.72. The molecule has 0 amide bonds. The Morgan fingerprint density at radius 2 is 2.23 bits per heavy atom. The molecule has 0 heterocycles. The Morgan fingerprint density at radius 3 is 2.69 bits per heavy atom. The zero-order chi connectivity index (χ0) is 9.68. The Hall–Kier alpha value is -0.810. The molecule has 0 saturated heterocycles. The highest BCUT2D eigenvalue weighted by Gasteiger charge is 2.24. The van der Waals surface area contributed by atoms with E-state index in [1.165, 1.54) is 25.7 Å². The van der Waals surface area contributed by atoms with Gasteiger partial charge >= 0.3 is 0 Å². The molecular weight excluding hydrogens is 160 g/mol. The van der Waals surface area contributed by atoms with Crippen LogP contribution >= 0.6 is 0 Å². The SMILES string of the molecule is C=CC(C)N(CC#N)C1CCCC1. The number of hydrogen-bond donors (Lipinski definition) is 0. The first-order valence-electron chi connectivity index (χ1n) is 5.05. The summed E-state index contributed by atoms with van der Waals surface area (Å²) in [6, 6.07) is 3.19. The van der Waals surface area contributed by atoms with Crippen LogP contribution < -0.4 is 0 Å². The molecule has 0 N–H and O–H groups in total. The van der Waals surface area contributed by atoms with Gasteiger partial charge in [0, 0.05) is 12.1 Å². The average Bonchev–Trinajstić information content (AvgIpc) is 2.65. The van der Waals surface area contributed by atoms with Gasteiger partial charge in [0.15, 0.2) is 0 Å². The molecule has 1 atom stereocenters. The Kier molecular flexibility index (Phi) is 3.98. The van der Waals surface area contributed by atoms with Crippen LogP contribution in [0.2, 0.25) is 0 Å². The van der Waals surface area contributed by atoms with Gasteiger partial charge in [0.25, 0.3) is 0 Å². The first-order chi connectivity index (χ1) is 6.29. The zero-order valence-electron chi connectivity index (χ0n) is 8.37. The second-order valence-electron chi connectivity index (χ2n) is 3.75. The molecular formula is C11H18N2. The average molecular weight is 178 g/mol. The minimum Gasteiger partial charge on any atom is -0.281 e. The minimum absolute atomic E-state index is 0.336. The molecule has 0 radical (unpaired) electrons. The van der Waals surface area contributed by atoms with E-state index in [-0.39, 0.29) is 0 Å². The Morgan fingerprint density at radius 1 is 1.62 bits per heavy atom.